The summed E-state index contributed by atoms with van der Waals surface area (Å²) in [7, 11) is 0. The quantitative estimate of drug-likeness (QED) is 0.772. The molecular weight excluding hydrogens is 338 g/mol. The molecule has 1 atom stereocenters. The van der Waals surface area contributed by atoms with Crippen molar-refractivity contribution in [3.05, 3.63) is 29.8 Å². The normalized spacial score (nSPS) is 20.6. The third-order valence-corrected chi connectivity index (χ3v) is 6.40. The molecule has 1 aliphatic carbocycles. The largest absolute Gasteiger partial charge is 0.490 e. The lowest BCUT2D eigenvalue weighted by atomic mass is 9.67. The molecule has 0 aromatic heterocycles. The van der Waals surface area contributed by atoms with Gasteiger partial charge in [-0.3, -0.25) is 4.79 Å². The van der Waals surface area contributed by atoms with Gasteiger partial charge in [-0.1, -0.05) is 45.4 Å². The van der Waals surface area contributed by atoms with E-state index in [2.05, 4.69) is 45.0 Å². The van der Waals surface area contributed by atoms with E-state index in [1.807, 2.05) is 4.90 Å². The highest BCUT2D eigenvalue weighted by molar-refractivity contribution is 5.80. The Morgan fingerprint density at radius 1 is 1.26 bits per heavy atom. The first-order valence-corrected chi connectivity index (χ1v) is 10.6. The van der Waals surface area contributed by atoms with Gasteiger partial charge in [0.2, 0.25) is 5.91 Å². The van der Waals surface area contributed by atoms with Gasteiger partial charge in [0, 0.05) is 18.5 Å². The third kappa shape index (κ3) is 4.48. The van der Waals surface area contributed by atoms with Crippen molar-refractivity contribution >= 4 is 5.91 Å². The summed E-state index contributed by atoms with van der Waals surface area (Å²) in [5.74, 6) is 1.43. The van der Waals surface area contributed by atoms with E-state index < -0.39 is 0 Å². The van der Waals surface area contributed by atoms with Crippen LogP contribution in [0, 0.1) is 11.3 Å². The average molecular weight is 374 g/mol. The molecule has 1 amide bonds. The lowest BCUT2D eigenvalue weighted by Gasteiger charge is -2.54. The molecule has 1 aromatic rings. The second-order valence-electron chi connectivity index (χ2n) is 8.87. The van der Waals surface area contributed by atoms with E-state index in [1.165, 1.54) is 5.56 Å². The number of amides is 1. The van der Waals surface area contributed by atoms with Crippen LogP contribution in [0.4, 0.5) is 0 Å². The number of hydrogen-bond acceptors (Lipinski definition) is 3. The van der Waals surface area contributed by atoms with Gasteiger partial charge in [-0.15, -0.1) is 0 Å². The minimum Gasteiger partial charge on any atom is -0.490 e. The molecule has 1 aromatic carbocycles. The van der Waals surface area contributed by atoms with Crippen molar-refractivity contribution < 1.29 is 14.6 Å². The Morgan fingerprint density at radius 3 is 2.52 bits per heavy atom. The van der Waals surface area contributed by atoms with Crippen LogP contribution in [0.3, 0.4) is 0 Å². The lowest BCUT2D eigenvalue weighted by molar-refractivity contribution is -0.153. The second-order valence-corrected chi connectivity index (χ2v) is 8.87. The fourth-order valence-electron chi connectivity index (χ4n) is 4.70. The number of para-hydroxylation sites is 1. The van der Waals surface area contributed by atoms with Gasteiger partial charge in [-0.25, -0.2) is 0 Å². The predicted octanol–water partition coefficient (Wildman–Crippen LogP) is 4.37. The maximum Gasteiger partial charge on any atom is 0.228 e. The number of nitrogens with zero attached hydrogens (tertiary/aromatic N) is 1. The molecule has 150 valence electrons. The summed E-state index contributed by atoms with van der Waals surface area (Å²) in [6, 6.07) is 8.38. The van der Waals surface area contributed by atoms with Crippen LogP contribution in [0.5, 0.6) is 5.75 Å². The molecule has 3 rings (SSSR count). The van der Waals surface area contributed by atoms with E-state index in [1.54, 1.807) is 0 Å². The molecule has 1 heterocycles. The highest BCUT2D eigenvalue weighted by Crippen LogP contribution is 2.45. The van der Waals surface area contributed by atoms with Gasteiger partial charge in [-0.05, 0) is 49.7 Å². The summed E-state index contributed by atoms with van der Waals surface area (Å²) in [6.45, 7) is 8.17. The summed E-state index contributed by atoms with van der Waals surface area (Å²) >= 11 is 0. The number of likely N-dealkylation sites (tertiary alicyclic amines) is 1. The fourth-order valence-corrected chi connectivity index (χ4v) is 4.70. The van der Waals surface area contributed by atoms with Crippen molar-refractivity contribution in [1.29, 1.82) is 0 Å². The Bertz CT molecular complexity index is 626. The average Bonchev–Trinajstić information content (AvgIpc) is 2.65. The molecule has 0 unspecified atom stereocenters. The Hall–Kier alpha value is -1.55. The van der Waals surface area contributed by atoms with E-state index in [4.69, 9.17) is 4.74 Å². The van der Waals surface area contributed by atoms with Gasteiger partial charge in [-0.2, -0.15) is 0 Å². The summed E-state index contributed by atoms with van der Waals surface area (Å²) in [5, 5.41) is 9.47. The van der Waals surface area contributed by atoms with Crippen LogP contribution in [0.15, 0.2) is 24.3 Å². The highest BCUT2D eigenvalue weighted by Gasteiger charge is 2.48. The van der Waals surface area contributed by atoms with Crippen molar-refractivity contribution in [2.45, 2.75) is 71.3 Å². The number of carbonyl (C=O) groups excluding carboxylic acids is 1. The minimum absolute atomic E-state index is 0.0264. The van der Waals surface area contributed by atoms with Crippen molar-refractivity contribution in [2.75, 3.05) is 19.7 Å². The molecule has 1 spiro atoms. The molecule has 2 aliphatic rings. The molecule has 2 fully saturated rings. The summed E-state index contributed by atoms with van der Waals surface area (Å²) in [6.07, 6.45) is 6.38. The second kappa shape index (κ2) is 8.64. The standard InChI is InChI=1S/C23H35NO3/c1-4-7-18(14-25)22(26)24-15-23(16-24)12-10-19(11-13-23)27-21-9-6-5-8-20(21)17(2)3/h5-6,8-9,17-19,25H,4,7,10-16H2,1-3H3/t18-/m1/s1. The zero-order valence-electron chi connectivity index (χ0n) is 17.1. The van der Waals surface area contributed by atoms with Crippen molar-refractivity contribution in [2.24, 2.45) is 11.3 Å². The predicted molar refractivity (Wildman–Crippen MR) is 108 cm³/mol. The first-order chi connectivity index (χ1) is 13.0. The van der Waals surface area contributed by atoms with Gasteiger partial charge < -0.3 is 14.7 Å². The van der Waals surface area contributed by atoms with Crippen LogP contribution in [-0.2, 0) is 4.79 Å². The first-order valence-electron chi connectivity index (χ1n) is 10.6. The fraction of sp³-hybridized carbons (Fsp3) is 0.696. The Balaban J connectivity index is 1.50. The molecule has 1 aliphatic heterocycles. The highest BCUT2D eigenvalue weighted by atomic mass is 16.5. The van der Waals surface area contributed by atoms with E-state index in [-0.39, 0.29) is 24.5 Å². The van der Waals surface area contributed by atoms with E-state index in [0.29, 0.717) is 11.3 Å². The Labute approximate surface area is 163 Å². The number of benzene rings is 1. The van der Waals surface area contributed by atoms with Crippen LogP contribution in [-0.4, -0.2) is 41.7 Å². The lowest BCUT2D eigenvalue weighted by Crippen LogP contribution is -2.61. The number of aliphatic hydroxyl groups is 1. The van der Waals surface area contributed by atoms with Gasteiger partial charge in [0.1, 0.15) is 5.75 Å². The number of carbonyl (C=O) groups is 1. The number of ether oxygens (including phenoxy) is 1. The zero-order valence-corrected chi connectivity index (χ0v) is 17.1. The van der Waals surface area contributed by atoms with Gasteiger partial charge >= 0.3 is 0 Å². The topological polar surface area (TPSA) is 49.8 Å². The Morgan fingerprint density at radius 2 is 1.93 bits per heavy atom. The maximum absolute atomic E-state index is 12.5. The van der Waals surface area contributed by atoms with Crippen molar-refractivity contribution in [3.63, 3.8) is 0 Å². The maximum atomic E-state index is 12.5. The minimum atomic E-state index is -0.209. The zero-order chi connectivity index (χ0) is 19.4. The van der Waals surface area contributed by atoms with E-state index in [0.717, 1.165) is 57.4 Å². The molecule has 1 saturated carbocycles. The molecule has 4 nitrogen and oxygen atoms in total. The monoisotopic (exact) mass is 373 g/mol. The van der Waals surface area contributed by atoms with Crippen molar-refractivity contribution in [1.82, 2.24) is 4.90 Å². The number of rotatable bonds is 7. The molecule has 1 N–H and O–H groups in total. The van der Waals surface area contributed by atoms with Crippen LogP contribution in [0.25, 0.3) is 0 Å². The smallest absolute Gasteiger partial charge is 0.228 e. The first kappa shape index (κ1) is 20.2. The van der Waals surface area contributed by atoms with Gasteiger partial charge in [0.25, 0.3) is 0 Å². The van der Waals surface area contributed by atoms with Crippen LogP contribution in [0.2, 0.25) is 0 Å². The molecule has 4 heteroatoms. The van der Waals surface area contributed by atoms with Crippen LogP contribution < -0.4 is 4.74 Å². The molecule has 27 heavy (non-hydrogen) atoms. The molecular formula is C23H35NO3. The SMILES string of the molecule is CCC[C@H](CO)C(=O)N1CC2(CCC(Oc3ccccc3C(C)C)CC2)C1. The number of hydrogen-bond donors (Lipinski definition) is 1. The molecule has 0 radical (unpaired) electrons. The summed E-state index contributed by atoms with van der Waals surface area (Å²) in [4.78, 5) is 14.5. The molecule has 1 saturated heterocycles. The van der Waals surface area contributed by atoms with Crippen molar-refractivity contribution in [3.8, 4) is 5.75 Å². The Kier molecular flexibility index (Phi) is 6.46. The van der Waals surface area contributed by atoms with Crippen LogP contribution in [0.1, 0.15) is 70.8 Å². The summed E-state index contributed by atoms with van der Waals surface area (Å²) in [5.41, 5.74) is 1.57. The van der Waals surface area contributed by atoms with Crippen LogP contribution >= 0.6 is 0 Å². The van der Waals surface area contributed by atoms with Gasteiger partial charge in [0.15, 0.2) is 0 Å². The number of aliphatic hydroxyl groups excluding tert-OH is 1. The van der Waals surface area contributed by atoms with E-state index in [9.17, 15) is 9.90 Å². The third-order valence-electron chi connectivity index (χ3n) is 6.40. The van der Waals surface area contributed by atoms with E-state index >= 15 is 0 Å². The summed E-state index contributed by atoms with van der Waals surface area (Å²) < 4.78 is 6.36. The molecule has 0 bridgehead atoms. The van der Waals surface area contributed by atoms with Gasteiger partial charge in [0.05, 0.1) is 18.6 Å².